The summed E-state index contributed by atoms with van der Waals surface area (Å²) in [4.78, 5) is 22.8. The highest BCUT2D eigenvalue weighted by Crippen LogP contribution is 2.40. The van der Waals surface area contributed by atoms with Crippen molar-refractivity contribution in [3.05, 3.63) is 38.5 Å². The number of carbonyl (C=O) groups is 1. The van der Waals surface area contributed by atoms with Crippen LogP contribution in [-0.2, 0) is 6.54 Å². The summed E-state index contributed by atoms with van der Waals surface area (Å²) in [5.41, 5.74) is 1.40. The monoisotopic (exact) mass is 361 g/mol. The van der Waals surface area contributed by atoms with E-state index in [0.29, 0.717) is 0 Å². The number of rotatable bonds is 3. The van der Waals surface area contributed by atoms with Gasteiger partial charge in [0.25, 0.3) is 5.91 Å². The van der Waals surface area contributed by atoms with Gasteiger partial charge in [-0.15, -0.1) is 22.7 Å². The molecule has 0 radical (unpaired) electrons. The smallest absolute Gasteiger partial charge is 0.264 e. The predicted molar refractivity (Wildman–Crippen MR) is 98.6 cm³/mol. The lowest BCUT2D eigenvalue weighted by Crippen LogP contribution is -2.45. The molecule has 0 N–H and O–H groups in total. The Bertz CT molecular complexity index is 712. The number of aryl methyl sites for hydroxylation is 1. The Morgan fingerprint density at radius 3 is 2.92 bits per heavy atom. The summed E-state index contributed by atoms with van der Waals surface area (Å²) >= 11 is 3.31. The van der Waals surface area contributed by atoms with Gasteiger partial charge in [-0.2, -0.15) is 0 Å². The van der Waals surface area contributed by atoms with Crippen LogP contribution in [0.15, 0.2) is 23.0 Å². The fraction of sp³-hybridized carbons (Fsp3) is 0.556. The fourth-order valence-electron chi connectivity index (χ4n) is 4.14. The van der Waals surface area contributed by atoms with E-state index in [1.807, 2.05) is 29.9 Å². The van der Waals surface area contributed by atoms with E-state index >= 15 is 0 Å². The van der Waals surface area contributed by atoms with Crippen LogP contribution in [0.5, 0.6) is 0 Å². The molecule has 24 heavy (non-hydrogen) atoms. The zero-order valence-electron chi connectivity index (χ0n) is 14.0. The van der Waals surface area contributed by atoms with Crippen molar-refractivity contribution in [1.29, 1.82) is 0 Å². The second-order valence-corrected chi connectivity index (χ2v) is 9.04. The van der Waals surface area contributed by atoms with Gasteiger partial charge < -0.3 is 4.90 Å². The predicted octanol–water partition coefficient (Wildman–Crippen LogP) is 3.64. The number of likely N-dealkylation sites (tertiary alicyclic amines) is 2. The van der Waals surface area contributed by atoms with Crippen LogP contribution >= 0.6 is 22.7 Å². The molecular formula is C18H23N3OS2. The number of amides is 1. The third-order valence-corrected chi connectivity index (χ3v) is 7.13. The fourth-order valence-corrected chi connectivity index (χ4v) is 5.69. The number of nitrogens with zero attached hydrogens (tertiary/aromatic N) is 3. The van der Waals surface area contributed by atoms with Crippen molar-refractivity contribution in [3.8, 4) is 0 Å². The molecule has 128 valence electrons. The standard InChI is InChI=1S/C18H23N3OS2/c1-14-3-9-24-16(14)17(22)21-8-5-18(13-21)4-2-7-20(12-18)11-15-19-6-10-23-15/h3,6,9-10H,2,4-5,7-8,11-13H2,1H3. The first-order chi connectivity index (χ1) is 11.7. The quantitative estimate of drug-likeness (QED) is 0.837. The minimum atomic E-state index is 0.233. The van der Waals surface area contributed by atoms with E-state index in [1.165, 1.54) is 17.8 Å². The normalized spacial score (nSPS) is 24.8. The average molecular weight is 362 g/mol. The van der Waals surface area contributed by atoms with Crippen molar-refractivity contribution in [1.82, 2.24) is 14.8 Å². The van der Waals surface area contributed by atoms with Crippen molar-refractivity contribution in [3.63, 3.8) is 0 Å². The Kier molecular flexibility index (Phi) is 4.45. The second-order valence-electron chi connectivity index (χ2n) is 7.15. The third-order valence-electron chi connectivity index (χ3n) is 5.36. The number of carbonyl (C=O) groups excluding carboxylic acids is 1. The van der Waals surface area contributed by atoms with Gasteiger partial charge in [0.1, 0.15) is 5.01 Å². The summed E-state index contributed by atoms with van der Waals surface area (Å²) in [6, 6.07) is 2.04. The van der Waals surface area contributed by atoms with Gasteiger partial charge in [-0.1, -0.05) is 0 Å². The lowest BCUT2D eigenvalue weighted by molar-refractivity contribution is 0.0678. The summed E-state index contributed by atoms with van der Waals surface area (Å²) in [6.07, 6.45) is 5.50. The van der Waals surface area contributed by atoms with Gasteiger partial charge in [-0.05, 0) is 49.7 Å². The molecule has 2 saturated heterocycles. The Hall–Kier alpha value is -1.24. The molecule has 2 aliphatic heterocycles. The van der Waals surface area contributed by atoms with Crippen LogP contribution in [0.25, 0.3) is 0 Å². The largest absolute Gasteiger partial charge is 0.337 e. The number of piperidine rings is 1. The molecule has 4 rings (SSSR count). The highest BCUT2D eigenvalue weighted by atomic mass is 32.1. The molecule has 0 saturated carbocycles. The van der Waals surface area contributed by atoms with Crippen molar-refractivity contribution < 1.29 is 4.79 Å². The SMILES string of the molecule is Cc1ccsc1C(=O)N1CCC2(CCCN(Cc3nccs3)C2)C1. The molecule has 1 unspecified atom stereocenters. The van der Waals surface area contributed by atoms with Gasteiger partial charge in [0, 0.05) is 36.6 Å². The van der Waals surface area contributed by atoms with E-state index in [1.54, 1.807) is 22.7 Å². The minimum absolute atomic E-state index is 0.233. The molecule has 4 nitrogen and oxygen atoms in total. The third kappa shape index (κ3) is 3.15. The molecule has 2 fully saturated rings. The zero-order chi connectivity index (χ0) is 16.6. The lowest BCUT2D eigenvalue weighted by atomic mass is 9.79. The molecule has 1 atom stereocenters. The first-order valence-electron chi connectivity index (χ1n) is 8.59. The summed E-state index contributed by atoms with van der Waals surface area (Å²) in [5, 5.41) is 5.27. The first-order valence-corrected chi connectivity index (χ1v) is 10.4. The van der Waals surface area contributed by atoms with Gasteiger partial charge in [0.2, 0.25) is 0 Å². The number of thiophene rings is 1. The molecule has 2 aliphatic rings. The van der Waals surface area contributed by atoms with Crippen molar-refractivity contribution in [2.24, 2.45) is 5.41 Å². The van der Waals surface area contributed by atoms with Crippen LogP contribution < -0.4 is 0 Å². The lowest BCUT2D eigenvalue weighted by Gasteiger charge is -2.40. The molecule has 0 aromatic carbocycles. The summed E-state index contributed by atoms with van der Waals surface area (Å²) in [7, 11) is 0. The molecule has 0 aliphatic carbocycles. The maximum Gasteiger partial charge on any atom is 0.264 e. The molecule has 1 amide bonds. The van der Waals surface area contributed by atoms with Gasteiger partial charge in [-0.25, -0.2) is 4.98 Å². The van der Waals surface area contributed by atoms with Crippen molar-refractivity contribution in [2.75, 3.05) is 26.2 Å². The maximum atomic E-state index is 12.8. The second kappa shape index (κ2) is 6.58. The van der Waals surface area contributed by atoms with E-state index in [4.69, 9.17) is 0 Å². The Balaban J connectivity index is 1.43. The number of thiazole rings is 1. The van der Waals surface area contributed by atoms with Crippen molar-refractivity contribution in [2.45, 2.75) is 32.7 Å². The van der Waals surface area contributed by atoms with Gasteiger partial charge in [0.05, 0.1) is 11.4 Å². The van der Waals surface area contributed by atoms with Crippen LogP contribution in [0, 0.1) is 12.3 Å². The van der Waals surface area contributed by atoms with Crippen LogP contribution in [0.4, 0.5) is 0 Å². The summed E-state index contributed by atoms with van der Waals surface area (Å²) in [6.45, 7) is 7.06. The van der Waals surface area contributed by atoms with Crippen LogP contribution in [-0.4, -0.2) is 46.9 Å². The van der Waals surface area contributed by atoms with Gasteiger partial charge in [-0.3, -0.25) is 9.69 Å². The summed E-state index contributed by atoms with van der Waals surface area (Å²) < 4.78 is 0. The molecule has 2 aromatic heterocycles. The number of aromatic nitrogens is 1. The highest BCUT2D eigenvalue weighted by Gasteiger charge is 2.43. The molecule has 2 aromatic rings. The average Bonchev–Trinajstić information content (AvgIpc) is 3.29. The van der Waals surface area contributed by atoms with E-state index < -0.39 is 0 Å². The molecule has 4 heterocycles. The van der Waals surface area contributed by atoms with E-state index in [9.17, 15) is 4.79 Å². The maximum absolute atomic E-state index is 12.8. The number of hydrogen-bond acceptors (Lipinski definition) is 5. The zero-order valence-corrected chi connectivity index (χ0v) is 15.7. The topological polar surface area (TPSA) is 36.4 Å². The molecule has 0 bridgehead atoms. The van der Waals surface area contributed by atoms with Gasteiger partial charge in [0.15, 0.2) is 0 Å². The van der Waals surface area contributed by atoms with E-state index in [0.717, 1.165) is 49.6 Å². The van der Waals surface area contributed by atoms with Gasteiger partial charge >= 0.3 is 0 Å². The first kappa shape index (κ1) is 16.2. The highest BCUT2D eigenvalue weighted by molar-refractivity contribution is 7.12. The van der Waals surface area contributed by atoms with Crippen LogP contribution in [0.1, 0.15) is 39.5 Å². The van der Waals surface area contributed by atoms with Crippen molar-refractivity contribution >= 4 is 28.6 Å². The Morgan fingerprint density at radius 1 is 1.25 bits per heavy atom. The Morgan fingerprint density at radius 2 is 2.17 bits per heavy atom. The number of hydrogen-bond donors (Lipinski definition) is 0. The van der Waals surface area contributed by atoms with E-state index in [2.05, 4.69) is 14.8 Å². The molecule has 6 heteroatoms. The minimum Gasteiger partial charge on any atom is -0.337 e. The van der Waals surface area contributed by atoms with Crippen LogP contribution in [0.2, 0.25) is 0 Å². The van der Waals surface area contributed by atoms with E-state index in [-0.39, 0.29) is 11.3 Å². The van der Waals surface area contributed by atoms with Crippen LogP contribution in [0.3, 0.4) is 0 Å². The summed E-state index contributed by atoms with van der Waals surface area (Å²) in [5.74, 6) is 0.233. The Labute approximate surface area is 151 Å². The molecule has 1 spiro atoms. The molecular weight excluding hydrogens is 338 g/mol.